The van der Waals surface area contributed by atoms with Gasteiger partial charge >= 0.3 is 0 Å². The van der Waals surface area contributed by atoms with Gasteiger partial charge < -0.3 is 10.5 Å². The molecular weight excluding hydrogens is 224 g/mol. The van der Waals surface area contributed by atoms with E-state index in [1.807, 2.05) is 45.0 Å². The first-order valence-corrected chi connectivity index (χ1v) is 6.37. The number of para-hydroxylation sites is 1. The molecule has 1 heterocycles. The summed E-state index contributed by atoms with van der Waals surface area (Å²) in [4.78, 5) is 4.66. The lowest BCUT2D eigenvalue weighted by molar-refractivity contribution is 0.245. The second-order valence-corrected chi connectivity index (χ2v) is 4.98. The zero-order chi connectivity index (χ0) is 13.1. The number of ether oxygens (including phenoxy) is 1. The van der Waals surface area contributed by atoms with Gasteiger partial charge in [0.2, 0.25) is 0 Å². The fourth-order valence-corrected chi connectivity index (χ4v) is 1.95. The van der Waals surface area contributed by atoms with Crippen LogP contribution >= 0.6 is 0 Å². The minimum absolute atomic E-state index is 0.119. The van der Waals surface area contributed by atoms with Crippen LogP contribution < -0.4 is 10.5 Å². The molecule has 96 valence electrons. The van der Waals surface area contributed by atoms with Crippen LogP contribution in [0, 0.1) is 0 Å². The van der Waals surface area contributed by atoms with E-state index in [2.05, 4.69) is 11.1 Å². The molecular formula is C15H20N2O. The highest BCUT2D eigenvalue weighted by molar-refractivity contribution is 5.84. The van der Waals surface area contributed by atoms with Gasteiger partial charge in [-0.25, -0.2) is 4.98 Å². The van der Waals surface area contributed by atoms with E-state index < -0.39 is 0 Å². The third-order valence-electron chi connectivity index (χ3n) is 2.63. The van der Waals surface area contributed by atoms with Gasteiger partial charge in [-0.05, 0) is 32.9 Å². The highest BCUT2D eigenvalue weighted by Crippen LogP contribution is 2.25. The molecule has 0 fully saturated rings. The largest absolute Gasteiger partial charge is 0.489 e. The quantitative estimate of drug-likeness (QED) is 0.899. The van der Waals surface area contributed by atoms with Gasteiger partial charge in [0.15, 0.2) is 0 Å². The molecule has 0 aliphatic carbocycles. The summed E-state index contributed by atoms with van der Waals surface area (Å²) in [6, 6.07) is 10.2. The Morgan fingerprint density at radius 1 is 1.17 bits per heavy atom. The Labute approximate surface area is 108 Å². The number of hydrogen-bond donors (Lipinski definition) is 1. The van der Waals surface area contributed by atoms with Gasteiger partial charge in [-0.1, -0.05) is 18.2 Å². The first-order chi connectivity index (χ1) is 8.56. The van der Waals surface area contributed by atoms with E-state index in [4.69, 9.17) is 10.5 Å². The Kier molecular flexibility index (Phi) is 3.82. The average molecular weight is 244 g/mol. The molecule has 0 saturated carbocycles. The summed E-state index contributed by atoms with van der Waals surface area (Å²) in [6.45, 7) is 6.03. The van der Waals surface area contributed by atoms with Crippen molar-refractivity contribution in [2.24, 2.45) is 5.73 Å². The molecule has 0 aliphatic rings. The Balaban J connectivity index is 2.44. The van der Waals surface area contributed by atoms with Crippen LogP contribution in [0.4, 0.5) is 0 Å². The normalized spacial score (nSPS) is 12.9. The third-order valence-corrected chi connectivity index (χ3v) is 2.63. The zero-order valence-corrected chi connectivity index (χ0v) is 11.2. The molecule has 0 saturated heterocycles. The standard InChI is InChI=1S/C15H20N2O/c1-10(2)18-14-6-4-5-12-7-8-13(9-11(3)16)17-15(12)14/h4-8,10-11H,9,16H2,1-3H3. The second-order valence-electron chi connectivity index (χ2n) is 4.98. The number of aromatic nitrogens is 1. The summed E-state index contributed by atoms with van der Waals surface area (Å²) in [6.07, 6.45) is 0.931. The van der Waals surface area contributed by atoms with Crippen molar-refractivity contribution in [3.05, 3.63) is 36.0 Å². The summed E-state index contributed by atoms with van der Waals surface area (Å²) >= 11 is 0. The zero-order valence-electron chi connectivity index (χ0n) is 11.2. The number of benzene rings is 1. The van der Waals surface area contributed by atoms with Crippen LogP contribution in [-0.4, -0.2) is 17.1 Å². The lowest BCUT2D eigenvalue weighted by atomic mass is 10.1. The fraction of sp³-hybridized carbons (Fsp3) is 0.400. The fourth-order valence-electron chi connectivity index (χ4n) is 1.95. The van der Waals surface area contributed by atoms with Crippen molar-refractivity contribution in [2.45, 2.75) is 39.3 Å². The van der Waals surface area contributed by atoms with Crippen molar-refractivity contribution in [1.82, 2.24) is 4.98 Å². The Morgan fingerprint density at radius 2 is 1.94 bits per heavy atom. The highest BCUT2D eigenvalue weighted by Gasteiger charge is 2.07. The van der Waals surface area contributed by atoms with Crippen LogP contribution in [0.1, 0.15) is 26.5 Å². The number of pyridine rings is 1. The Hall–Kier alpha value is -1.61. The van der Waals surface area contributed by atoms with Crippen LogP contribution in [-0.2, 0) is 6.42 Å². The van der Waals surface area contributed by atoms with E-state index >= 15 is 0 Å². The molecule has 0 aliphatic heterocycles. The topological polar surface area (TPSA) is 48.1 Å². The SMILES string of the molecule is CC(N)Cc1ccc2cccc(OC(C)C)c2n1. The maximum Gasteiger partial charge on any atom is 0.145 e. The van der Waals surface area contributed by atoms with Crippen LogP contribution in [0.3, 0.4) is 0 Å². The van der Waals surface area contributed by atoms with E-state index in [0.29, 0.717) is 0 Å². The molecule has 2 aromatic rings. The monoisotopic (exact) mass is 244 g/mol. The minimum Gasteiger partial charge on any atom is -0.489 e. The van der Waals surface area contributed by atoms with Crippen molar-refractivity contribution in [2.75, 3.05) is 0 Å². The third kappa shape index (κ3) is 2.99. The van der Waals surface area contributed by atoms with Crippen molar-refractivity contribution in [3.63, 3.8) is 0 Å². The van der Waals surface area contributed by atoms with Gasteiger partial charge in [-0.2, -0.15) is 0 Å². The first-order valence-electron chi connectivity index (χ1n) is 6.37. The van der Waals surface area contributed by atoms with E-state index in [1.54, 1.807) is 0 Å². The van der Waals surface area contributed by atoms with Gasteiger partial charge in [-0.3, -0.25) is 0 Å². The highest BCUT2D eigenvalue weighted by atomic mass is 16.5. The molecule has 3 nitrogen and oxygen atoms in total. The van der Waals surface area contributed by atoms with Gasteiger partial charge in [0.05, 0.1) is 6.10 Å². The molecule has 1 aromatic heterocycles. The summed E-state index contributed by atoms with van der Waals surface area (Å²) in [5, 5.41) is 1.10. The number of nitrogens with zero attached hydrogens (tertiary/aromatic N) is 1. The first kappa shape index (κ1) is 12.8. The number of fused-ring (bicyclic) bond motifs is 1. The minimum atomic E-state index is 0.119. The second kappa shape index (κ2) is 5.36. The summed E-state index contributed by atoms with van der Waals surface area (Å²) < 4.78 is 5.79. The molecule has 1 aromatic carbocycles. The van der Waals surface area contributed by atoms with Gasteiger partial charge in [-0.15, -0.1) is 0 Å². The number of rotatable bonds is 4. The van der Waals surface area contributed by atoms with Crippen LogP contribution in [0.2, 0.25) is 0 Å². The van der Waals surface area contributed by atoms with Crippen molar-refractivity contribution >= 4 is 10.9 Å². The van der Waals surface area contributed by atoms with Gasteiger partial charge in [0, 0.05) is 23.5 Å². The molecule has 0 radical (unpaired) electrons. The maximum absolute atomic E-state index is 5.82. The Bertz CT molecular complexity index is 535. The van der Waals surface area contributed by atoms with E-state index in [-0.39, 0.29) is 12.1 Å². The predicted molar refractivity (Wildman–Crippen MR) is 74.9 cm³/mol. The van der Waals surface area contributed by atoms with Crippen molar-refractivity contribution in [1.29, 1.82) is 0 Å². The Morgan fingerprint density at radius 3 is 2.61 bits per heavy atom. The van der Waals surface area contributed by atoms with Crippen LogP contribution in [0.15, 0.2) is 30.3 Å². The lowest BCUT2D eigenvalue weighted by Gasteiger charge is -2.13. The van der Waals surface area contributed by atoms with Crippen LogP contribution in [0.25, 0.3) is 10.9 Å². The molecule has 0 spiro atoms. The van der Waals surface area contributed by atoms with E-state index in [1.165, 1.54) is 0 Å². The molecule has 0 amide bonds. The van der Waals surface area contributed by atoms with Crippen molar-refractivity contribution in [3.8, 4) is 5.75 Å². The molecule has 1 unspecified atom stereocenters. The lowest BCUT2D eigenvalue weighted by Crippen LogP contribution is -2.18. The summed E-state index contributed by atoms with van der Waals surface area (Å²) in [5.41, 5.74) is 7.75. The molecule has 18 heavy (non-hydrogen) atoms. The molecule has 1 atom stereocenters. The maximum atomic E-state index is 5.82. The molecule has 0 bridgehead atoms. The van der Waals surface area contributed by atoms with E-state index in [0.717, 1.165) is 28.8 Å². The summed E-state index contributed by atoms with van der Waals surface area (Å²) in [5.74, 6) is 0.842. The van der Waals surface area contributed by atoms with Gasteiger partial charge in [0.1, 0.15) is 11.3 Å². The van der Waals surface area contributed by atoms with Crippen LogP contribution in [0.5, 0.6) is 5.75 Å². The smallest absolute Gasteiger partial charge is 0.145 e. The average Bonchev–Trinajstić information content (AvgIpc) is 2.28. The number of hydrogen-bond acceptors (Lipinski definition) is 3. The number of nitrogens with two attached hydrogens (primary N) is 1. The predicted octanol–water partition coefficient (Wildman–Crippen LogP) is 2.91. The molecule has 2 N–H and O–H groups in total. The van der Waals surface area contributed by atoms with Crippen molar-refractivity contribution < 1.29 is 4.74 Å². The molecule has 2 rings (SSSR count). The van der Waals surface area contributed by atoms with Gasteiger partial charge in [0.25, 0.3) is 0 Å². The van der Waals surface area contributed by atoms with E-state index in [9.17, 15) is 0 Å². The molecule has 3 heteroatoms. The summed E-state index contributed by atoms with van der Waals surface area (Å²) in [7, 11) is 0.